The van der Waals surface area contributed by atoms with E-state index in [1.807, 2.05) is 24.3 Å². The molecule has 1 saturated heterocycles. The van der Waals surface area contributed by atoms with Crippen LogP contribution in [0.5, 0.6) is 5.75 Å². The van der Waals surface area contributed by atoms with E-state index >= 15 is 0 Å². The quantitative estimate of drug-likeness (QED) is 0.939. The number of nitrogens with zero attached hydrogens (tertiary/aromatic N) is 2. The Balaban J connectivity index is 1.85. The molecule has 2 heterocycles. The third-order valence-electron chi connectivity index (χ3n) is 4.17. The van der Waals surface area contributed by atoms with Crippen LogP contribution in [0, 0.1) is 0 Å². The van der Waals surface area contributed by atoms with Crippen molar-refractivity contribution in [2.45, 2.75) is 12.3 Å². The molecule has 114 valence electrons. The van der Waals surface area contributed by atoms with E-state index in [0.29, 0.717) is 11.5 Å². The van der Waals surface area contributed by atoms with Crippen molar-refractivity contribution in [3.05, 3.63) is 53.9 Å². The first-order chi connectivity index (χ1) is 10.7. The summed E-state index contributed by atoms with van der Waals surface area (Å²) in [6.45, 7) is 1.72. The van der Waals surface area contributed by atoms with E-state index < -0.39 is 5.91 Å². The SMILES string of the molecule is COc1ccccc1C1CCN(c2ccncc2C(N)=O)C1. The summed E-state index contributed by atoms with van der Waals surface area (Å²) in [5, 5.41) is 0. The molecule has 1 aromatic carbocycles. The van der Waals surface area contributed by atoms with E-state index in [4.69, 9.17) is 10.5 Å². The van der Waals surface area contributed by atoms with Gasteiger partial charge in [0.15, 0.2) is 0 Å². The maximum absolute atomic E-state index is 11.6. The van der Waals surface area contributed by atoms with Crippen molar-refractivity contribution < 1.29 is 9.53 Å². The minimum Gasteiger partial charge on any atom is -0.496 e. The highest BCUT2D eigenvalue weighted by atomic mass is 16.5. The van der Waals surface area contributed by atoms with Gasteiger partial charge in [-0.25, -0.2) is 0 Å². The lowest BCUT2D eigenvalue weighted by molar-refractivity contribution is 0.100. The normalized spacial score (nSPS) is 17.5. The Labute approximate surface area is 129 Å². The highest BCUT2D eigenvalue weighted by molar-refractivity contribution is 5.98. The highest BCUT2D eigenvalue weighted by Crippen LogP contribution is 2.36. The number of carbonyl (C=O) groups is 1. The minimum atomic E-state index is -0.441. The van der Waals surface area contributed by atoms with E-state index in [2.05, 4.69) is 16.0 Å². The standard InChI is InChI=1S/C17H19N3O2/c1-22-16-5-3-2-4-13(16)12-7-9-20(11-12)15-6-8-19-10-14(15)17(18)21/h2-6,8,10,12H,7,9,11H2,1H3,(H2,18,21). The Kier molecular flexibility index (Phi) is 3.96. The molecule has 1 aliphatic heterocycles. The lowest BCUT2D eigenvalue weighted by atomic mass is 9.97. The van der Waals surface area contributed by atoms with Gasteiger partial charge in [-0.05, 0) is 24.1 Å². The predicted molar refractivity (Wildman–Crippen MR) is 85.3 cm³/mol. The van der Waals surface area contributed by atoms with Crippen LogP contribution in [0.25, 0.3) is 0 Å². The third kappa shape index (κ3) is 2.62. The van der Waals surface area contributed by atoms with Gasteiger partial charge in [-0.3, -0.25) is 9.78 Å². The topological polar surface area (TPSA) is 68.4 Å². The molecule has 5 nitrogen and oxygen atoms in total. The molecule has 3 rings (SSSR count). The number of carbonyl (C=O) groups excluding carboxylic acids is 1. The van der Waals surface area contributed by atoms with Crippen molar-refractivity contribution in [1.29, 1.82) is 0 Å². The summed E-state index contributed by atoms with van der Waals surface area (Å²) >= 11 is 0. The largest absolute Gasteiger partial charge is 0.496 e. The number of primary amides is 1. The molecule has 1 fully saturated rings. The smallest absolute Gasteiger partial charge is 0.252 e. The number of amides is 1. The van der Waals surface area contributed by atoms with Gasteiger partial charge in [-0.2, -0.15) is 0 Å². The van der Waals surface area contributed by atoms with E-state index in [1.54, 1.807) is 13.3 Å². The van der Waals surface area contributed by atoms with Crippen LogP contribution < -0.4 is 15.4 Å². The number of anilines is 1. The molecule has 1 aromatic heterocycles. The summed E-state index contributed by atoms with van der Waals surface area (Å²) < 4.78 is 5.46. The Morgan fingerprint density at radius 3 is 2.95 bits per heavy atom. The number of para-hydroxylation sites is 1. The molecule has 0 bridgehead atoms. The summed E-state index contributed by atoms with van der Waals surface area (Å²) in [4.78, 5) is 17.8. The zero-order chi connectivity index (χ0) is 15.5. The van der Waals surface area contributed by atoms with Crippen LogP contribution in [0.4, 0.5) is 5.69 Å². The maximum atomic E-state index is 11.6. The van der Waals surface area contributed by atoms with E-state index in [0.717, 1.165) is 30.9 Å². The molecule has 2 aromatic rings. The first-order valence-corrected chi connectivity index (χ1v) is 7.32. The predicted octanol–water partition coefficient (Wildman–Crippen LogP) is 2.18. The number of nitrogens with two attached hydrogens (primary N) is 1. The molecule has 0 aliphatic carbocycles. The molecular weight excluding hydrogens is 278 g/mol. The number of rotatable bonds is 4. The highest BCUT2D eigenvalue weighted by Gasteiger charge is 2.28. The van der Waals surface area contributed by atoms with Crippen LogP contribution in [0.1, 0.15) is 28.3 Å². The summed E-state index contributed by atoms with van der Waals surface area (Å²) in [5.74, 6) is 0.855. The monoisotopic (exact) mass is 297 g/mol. The van der Waals surface area contributed by atoms with Gasteiger partial charge in [0, 0.05) is 31.4 Å². The number of aromatic nitrogens is 1. The number of benzene rings is 1. The Morgan fingerprint density at radius 2 is 2.18 bits per heavy atom. The fourth-order valence-electron chi connectivity index (χ4n) is 3.09. The molecule has 2 N–H and O–H groups in total. The number of hydrogen-bond donors (Lipinski definition) is 1. The van der Waals surface area contributed by atoms with E-state index in [9.17, 15) is 4.79 Å². The second kappa shape index (κ2) is 6.05. The fraction of sp³-hybridized carbons (Fsp3) is 0.294. The van der Waals surface area contributed by atoms with Crippen LogP contribution in [0.2, 0.25) is 0 Å². The summed E-state index contributed by atoms with van der Waals surface area (Å²) in [5.41, 5.74) is 7.99. The van der Waals surface area contributed by atoms with Crippen LogP contribution in [0.15, 0.2) is 42.7 Å². The second-order valence-corrected chi connectivity index (χ2v) is 5.43. The van der Waals surface area contributed by atoms with Gasteiger partial charge < -0.3 is 15.4 Å². The number of methoxy groups -OCH3 is 1. The van der Waals surface area contributed by atoms with Crippen molar-refractivity contribution in [3.8, 4) is 5.75 Å². The van der Waals surface area contributed by atoms with Gasteiger partial charge in [-0.15, -0.1) is 0 Å². The van der Waals surface area contributed by atoms with Crippen molar-refractivity contribution in [2.24, 2.45) is 5.73 Å². The summed E-state index contributed by atoms with van der Waals surface area (Å²) in [7, 11) is 1.69. The van der Waals surface area contributed by atoms with Gasteiger partial charge in [0.05, 0.1) is 18.4 Å². The minimum absolute atomic E-state index is 0.380. The lowest BCUT2D eigenvalue weighted by Crippen LogP contribution is -2.24. The van der Waals surface area contributed by atoms with Gasteiger partial charge in [0.25, 0.3) is 5.91 Å². The Morgan fingerprint density at radius 1 is 1.36 bits per heavy atom. The van der Waals surface area contributed by atoms with Gasteiger partial charge in [0.1, 0.15) is 5.75 Å². The van der Waals surface area contributed by atoms with E-state index in [1.165, 1.54) is 11.8 Å². The number of hydrogen-bond acceptors (Lipinski definition) is 4. The Hall–Kier alpha value is -2.56. The molecule has 1 unspecified atom stereocenters. The zero-order valence-corrected chi connectivity index (χ0v) is 12.5. The molecule has 1 atom stereocenters. The number of ether oxygens (including phenoxy) is 1. The average Bonchev–Trinajstić information content (AvgIpc) is 3.04. The molecule has 0 saturated carbocycles. The zero-order valence-electron chi connectivity index (χ0n) is 12.5. The van der Waals surface area contributed by atoms with E-state index in [-0.39, 0.29) is 0 Å². The average molecular weight is 297 g/mol. The fourth-order valence-corrected chi connectivity index (χ4v) is 3.09. The third-order valence-corrected chi connectivity index (χ3v) is 4.17. The molecule has 0 radical (unpaired) electrons. The van der Waals surface area contributed by atoms with Gasteiger partial charge in [-0.1, -0.05) is 18.2 Å². The van der Waals surface area contributed by atoms with Crippen LogP contribution >= 0.6 is 0 Å². The van der Waals surface area contributed by atoms with Crippen molar-refractivity contribution in [2.75, 3.05) is 25.1 Å². The van der Waals surface area contributed by atoms with Gasteiger partial charge >= 0.3 is 0 Å². The van der Waals surface area contributed by atoms with Crippen LogP contribution in [-0.4, -0.2) is 31.1 Å². The Bertz CT molecular complexity index is 687. The lowest BCUT2D eigenvalue weighted by Gasteiger charge is -2.21. The van der Waals surface area contributed by atoms with Crippen LogP contribution in [-0.2, 0) is 0 Å². The van der Waals surface area contributed by atoms with Crippen molar-refractivity contribution >= 4 is 11.6 Å². The molecule has 22 heavy (non-hydrogen) atoms. The first-order valence-electron chi connectivity index (χ1n) is 7.32. The van der Waals surface area contributed by atoms with Crippen molar-refractivity contribution in [1.82, 2.24) is 4.98 Å². The molecule has 0 spiro atoms. The summed E-state index contributed by atoms with van der Waals surface area (Å²) in [6, 6.07) is 9.95. The maximum Gasteiger partial charge on any atom is 0.252 e. The number of pyridine rings is 1. The molecule has 1 amide bonds. The molecule has 5 heteroatoms. The molecular formula is C17H19N3O2. The molecule has 1 aliphatic rings. The van der Waals surface area contributed by atoms with Crippen LogP contribution in [0.3, 0.4) is 0 Å². The first kappa shape index (κ1) is 14.4. The summed E-state index contributed by atoms with van der Waals surface area (Å²) in [6.07, 6.45) is 4.24. The second-order valence-electron chi connectivity index (χ2n) is 5.43. The van der Waals surface area contributed by atoms with Crippen molar-refractivity contribution in [3.63, 3.8) is 0 Å². The van der Waals surface area contributed by atoms with Gasteiger partial charge in [0.2, 0.25) is 0 Å².